The van der Waals surface area contributed by atoms with Crippen molar-refractivity contribution in [1.82, 2.24) is 4.90 Å². The zero-order valence-electron chi connectivity index (χ0n) is 16.1. The van der Waals surface area contributed by atoms with E-state index in [1.807, 2.05) is 0 Å². The van der Waals surface area contributed by atoms with Crippen LogP contribution >= 0.6 is 11.6 Å². The highest BCUT2D eigenvalue weighted by molar-refractivity contribution is 6.30. The molecule has 7 heteroatoms. The molecule has 0 spiro atoms. The van der Waals surface area contributed by atoms with Gasteiger partial charge in [-0.15, -0.1) is 0 Å². The summed E-state index contributed by atoms with van der Waals surface area (Å²) in [5.74, 6) is -6.78. The van der Waals surface area contributed by atoms with E-state index in [2.05, 4.69) is 0 Å². The van der Waals surface area contributed by atoms with Gasteiger partial charge in [0.15, 0.2) is 23.3 Å². The van der Waals surface area contributed by atoms with Gasteiger partial charge < -0.3 is 4.90 Å². The van der Waals surface area contributed by atoms with Crippen LogP contribution in [0.25, 0.3) is 0 Å². The van der Waals surface area contributed by atoms with Crippen LogP contribution in [-0.2, 0) is 10.2 Å². The number of hydrogen-bond donors (Lipinski definition) is 0. The van der Waals surface area contributed by atoms with Crippen molar-refractivity contribution < 1.29 is 22.4 Å². The van der Waals surface area contributed by atoms with Gasteiger partial charge in [-0.1, -0.05) is 30.7 Å². The van der Waals surface area contributed by atoms with Crippen molar-refractivity contribution in [2.75, 3.05) is 14.1 Å². The van der Waals surface area contributed by atoms with E-state index < -0.39 is 40.0 Å². The number of carbonyl (C=O) groups excluding carboxylic acids is 1. The molecular formula is C21H22ClF4NO. The van der Waals surface area contributed by atoms with E-state index in [1.54, 1.807) is 32.8 Å². The molecule has 0 aliphatic carbocycles. The topological polar surface area (TPSA) is 20.3 Å². The van der Waals surface area contributed by atoms with Gasteiger partial charge in [0.05, 0.1) is 5.41 Å². The van der Waals surface area contributed by atoms with Crippen LogP contribution in [0.1, 0.15) is 37.8 Å². The van der Waals surface area contributed by atoms with Crippen LogP contribution in [0.5, 0.6) is 0 Å². The molecule has 0 aromatic heterocycles. The number of ketones is 1. The number of rotatable bonds is 7. The van der Waals surface area contributed by atoms with E-state index in [0.717, 1.165) is 0 Å². The van der Waals surface area contributed by atoms with Crippen LogP contribution < -0.4 is 0 Å². The van der Waals surface area contributed by atoms with Crippen LogP contribution in [0.3, 0.4) is 0 Å². The predicted molar refractivity (Wildman–Crippen MR) is 102 cm³/mol. The van der Waals surface area contributed by atoms with E-state index in [4.69, 9.17) is 11.6 Å². The lowest BCUT2D eigenvalue weighted by atomic mass is 9.66. The molecule has 2 nitrogen and oxygen atoms in total. The van der Waals surface area contributed by atoms with Crippen LogP contribution in [0.2, 0.25) is 5.02 Å². The van der Waals surface area contributed by atoms with Crippen molar-refractivity contribution in [3.05, 3.63) is 69.8 Å². The van der Waals surface area contributed by atoms with Crippen molar-refractivity contribution in [2.45, 2.75) is 38.1 Å². The first-order valence-corrected chi connectivity index (χ1v) is 9.23. The molecule has 0 heterocycles. The molecular weight excluding hydrogens is 394 g/mol. The highest BCUT2D eigenvalue weighted by Gasteiger charge is 2.47. The Morgan fingerprint density at radius 1 is 1.07 bits per heavy atom. The number of carbonyl (C=O) groups is 1. The molecule has 0 saturated heterocycles. The summed E-state index contributed by atoms with van der Waals surface area (Å²) in [4.78, 5) is 14.9. The molecule has 28 heavy (non-hydrogen) atoms. The normalized spacial score (nSPS) is 14.8. The Bertz CT molecular complexity index is 843. The monoisotopic (exact) mass is 415 g/mol. The number of Topliss-reactive ketones (excluding diaryl/α,β-unsaturated/α-hetero) is 1. The maximum atomic E-state index is 14.9. The Labute approximate surface area is 167 Å². The third-order valence-electron chi connectivity index (χ3n) is 5.16. The van der Waals surface area contributed by atoms with Crippen LogP contribution in [0, 0.1) is 23.3 Å². The molecule has 0 saturated carbocycles. The predicted octanol–water partition coefficient (Wildman–Crippen LogP) is 5.50. The first-order valence-electron chi connectivity index (χ1n) is 8.85. The van der Waals surface area contributed by atoms with Gasteiger partial charge in [0.2, 0.25) is 0 Å². The quantitative estimate of drug-likeness (QED) is 0.439. The second kappa shape index (κ2) is 8.62. The molecule has 0 unspecified atom stereocenters. The van der Waals surface area contributed by atoms with Crippen molar-refractivity contribution >= 4 is 17.4 Å². The molecule has 2 atom stereocenters. The van der Waals surface area contributed by atoms with Crippen molar-refractivity contribution in [3.63, 3.8) is 0 Å². The lowest BCUT2D eigenvalue weighted by molar-refractivity contribution is -0.123. The van der Waals surface area contributed by atoms with Crippen molar-refractivity contribution in [3.8, 4) is 0 Å². The van der Waals surface area contributed by atoms with E-state index in [1.165, 1.54) is 24.3 Å². The number of halogens is 5. The molecule has 2 rings (SSSR count). The van der Waals surface area contributed by atoms with E-state index in [-0.39, 0.29) is 30.5 Å². The summed E-state index contributed by atoms with van der Waals surface area (Å²) < 4.78 is 57.9. The lowest BCUT2D eigenvalue weighted by Crippen LogP contribution is -2.44. The smallest absolute Gasteiger partial charge is 0.166 e. The first-order chi connectivity index (χ1) is 13.1. The summed E-state index contributed by atoms with van der Waals surface area (Å²) in [6.07, 6.45) is -0.162. The summed E-state index contributed by atoms with van der Waals surface area (Å²) in [6, 6.07) is 5.67. The molecule has 2 aromatic carbocycles. The van der Waals surface area contributed by atoms with Gasteiger partial charge >= 0.3 is 0 Å². The van der Waals surface area contributed by atoms with Gasteiger partial charge in [-0.05, 0) is 45.1 Å². The first kappa shape index (κ1) is 22.4. The minimum atomic E-state index is -1.92. The zero-order chi connectivity index (χ0) is 21.2. The number of hydrogen-bond acceptors (Lipinski definition) is 2. The van der Waals surface area contributed by atoms with Crippen molar-refractivity contribution in [1.29, 1.82) is 0 Å². The molecule has 0 bridgehead atoms. The summed E-state index contributed by atoms with van der Waals surface area (Å²) in [6.45, 7) is 3.30. The Hall–Kier alpha value is -1.92. The van der Waals surface area contributed by atoms with E-state index >= 15 is 0 Å². The van der Waals surface area contributed by atoms with E-state index in [9.17, 15) is 22.4 Å². The summed E-state index contributed by atoms with van der Waals surface area (Å²) >= 11 is 5.93. The van der Waals surface area contributed by atoms with Gasteiger partial charge in [-0.2, -0.15) is 0 Å². The Morgan fingerprint density at radius 2 is 1.57 bits per heavy atom. The van der Waals surface area contributed by atoms with Crippen molar-refractivity contribution in [2.24, 2.45) is 0 Å². The van der Waals surface area contributed by atoms with E-state index in [0.29, 0.717) is 5.02 Å². The van der Waals surface area contributed by atoms with Crippen LogP contribution in [0.4, 0.5) is 17.6 Å². The van der Waals surface area contributed by atoms with Gasteiger partial charge in [0.1, 0.15) is 5.78 Å². The highest BCUT2D eigenvalue weighted by Crippen LogP contribution is 2.43. The average molecular weight is 416 g/mol. The maximum absolute atomic E-state index is 14.9. The number of benzene rings is 2. The minimum Gasteiger partial charge on any atom is -0.307 e. The van der Waals surface area contributed by atoms with Crippen LogP contribution in [0.15, 0.2) is 30.3 Å². The molecule has 0 N–H and O–H groups in total. The molecule has 0 aliphatic rings. The second-order valence-corrected chi connectivity index (χ2v) is 7.49. The molecule has 0 aliphatic heterocycles. The second-order valence-electron chi connectivity index (χ2n) is 7.05. The minimum absolute atomic E-state index is 0.0783. The largest absolute Gasteiger partial charge is 0.307 e. The van der Waals surface area contributed by atoms with Crippen LogP contribution in [-0.4, -0.2) is 30.8 Å². The third-order valence-corrected chi connectivity index (χ3v) is 5.41. The highest BCUT2D eigenvalue weighted by atomic mass is 35.5. The summed E-state index contributed by atoms with van der Waals surface area (Å²) in [7, 11) is 3.49. The van der Waals surface area contributed by atoms with Gasteiger partial charge in [-0.25, -0.2) is 17.6 Å². The fourth-order valence-corrected chi connectivity index (χ4v) is 3.51. The lowest BCUT2D eigenvalue weighted by Gasteiger charge is -2.38. The molecule has 0 fully saturated rings. The summed E-state index contributed by atoms with van der Waals surface area (Å²) in [5, 5.41) is 0.355. The van der Waals surface area contributed by atoms with Gasteiger partial charge in [0.25, 0.3) is 0 Å². The third kappa shape index (κ3) is 3.94. The number of nitrogens with zero attached hydrogens (tertiary/aromatic N) is 1. The molecule has 2 aromatic rings. The SMILES string of the molecule is CCC(=O)[C@@](C[C@@H](C)N(C)C)(c1ccc(Cl)cc1)c1c(F)c(F)cc(F)c1F. The fourth-order valence-electron chi connectivity index (χ4n) is 3.39. The van der Waals surface area contributed by atoms with Gasteiger partial charge in [-0.3, -0.25) is 4.79 Å². The average Bonchev–Trinajstić information content (AvgIpc) is 2.65. The fraction of sp³-hybridized carbons (Fsp3) is 0.381. The molecule has 0 amide bonds. The maximum Gasteiger partial charge on any atom is 0.166 e. The Balaban J connectivity index is 2.96. The van der Waals surface area contributed by atoms with Gasteiger partial charge in [0, 0.05) is 29.1 Å². The zero-order valence-corrected chi connectivity index (χ0v) is 16.9. The molecule has 0 radical (unpaired) electrons. The standard InChI is InChI=1S/C21H22ClF4NO/c1-5-17(28)21(11-12(2)27(3)4,13-6-8-14(22)9-7-13)18-19(25)15(23)10-16(24)20(18)26/h6-10,12H,5,11H2,1-4H3/t12-,21-/m1/s1. The Kier molecular flexibility index (Phi) is 6.88. The Morgan fingerprint density at radius 3 is 2.00 bits per heavy atom. The molecule has 152 valence electrons. The summed E-state index contributed by atoms with van der Waals surface area (Å²) in [5.41, 5.74) is -2.60.